The van der Waals surface area contributed by atoms with Gasteiger partial charge in [-0.15, -0.1) is 0 Å². The van der Waals surface area contributed by atoms with E-state index in [0.717, 1.165) is 5.52 Å². The molecule has 0 aliphatic heterocycles. The number of amides is 3. The van der Waals surface area contributed by atoms with Crippen LogP contribution in [0, 0.1) is 5.82 Å². The Labute approximate surface area is 206 Å². The number of carbonyl (C=O) groups is 3. The summed E-state index contributed by atoms with van der Waals surface area (Å²) in [7, 11) is 4.59. The highest BCUT2D eigenvalue weighted by Gasteiger charge is 2.23. The molecule has 10 nitrogen and oxygen atoms in total. The Morgan fingerprint density at radius 2 is 2.00 bits per heavy atom. The number of halogens is 1. The Morgan fingerprint density at radius 1 is 1.22 bits per heavy atom. The van der Waals surface area contributed by atoms with Gasteiger partial charge in [-0.25, -0.2) is 9.18 Å². The molecule has 0 spiro atoms. The first-order valence-corrected chi connectivity index (χ1v) is 11.2. The molecule has 3 aromatic rings. The van der Waals surface area contributed by atoms with Crippen molar-refractivity contribution < 1.29 is 23.5 Å². The molecule has 11 heteroatoms. The molecule has 0 aliphatic carbocycles. The minimum Gasteiger partial charge on any atom is -0.436 e. The van der Waals surface area contributed by atoms with Crippen LogP contribution in [0.15, 0.2) is 59.5 Å². The third-order valence-electron chi connectivity index (χ3n) is 5.30. The van der Waals surface area contributed by atoms with E-state index in [0.29, 0.717) is 11.1 Å². The first-order chi connectivity index (χ1) is 17.2. The number of nitrogens with zero attached hydrogens (tertiary/aromatic N) is 2. The van der Waals surface area contributed by atoms with Crippen molar-refractivity contribution in [2.45, 2.75) is 25.5 Å². The number of likely N-dealkylation sites (N-methyl/N-ethyl adjacent to an activating group) is 1. The van der Waals surface area contributed by atoms with Gasteiger partial charge in [-0.1, -0.05) is 6.08 Å². The Balaban J connectivity index is 1.73. The zero-order valence-electron chi connectivity index (χ0n) is 20.2. The quantitative estimate of drug-likeness (QED) is 0.392. The van der Waals surface area contributed by atoms with E-state index in [1.807, 2.05) is 0 Å². The number of anilines is 1. The summed E-state index contributed by atoms with van der Waals surface area (Å²) in [6.45, 7) is 0.168. The number of allylic oxidation sites excluding steroid dienone is 1. The van der Waals surface area contributed by atoms with E-state index >= 15 is 0 Å². The number of H-pyrrole nitrogens is 1. The fourth-order valence-electron chi connectivity index (χ4n) is 3.41. The fourth-order valence-corrected chi connectivity index (χ4v) is 3.41. The topological polar surface area (TPSA) is 126 Å². The highest BCUT2D eigenvalue weighted by atomic mass is 19.1. The van der Waals surface area contributed by atoms with Crippen LogP contribution in [0.2, 0.25) is 0 Å². The van der Waals surface area contributed by atoms with Crippen molar-refractivity contribution in [3.8, 4) is 0 Å². The average Bonchev–Trinajstić information content (AvgIpc) is 3.24. The monoisotopic (exact) mass is 497 g/mol. The van der Waals surface area contributed by atoms with Crippen LogP contribution in [0.4, 0.5) is 14.9 Å². The molecule has 3 rings (SSSR count). The molecule has 0 fully saturated rings. The lowest BCUT2D eigenvalue weighted by Crippen LogP contribution is -2.37. The molecule has 2 aromatic heterocycles. The Morgan fingerprint density at radius 3 is 2.72 bits per heavy atom. The molecule has 1 aromatic carbocycles. The maximum atomic E-state index is 13.5. The second-order valence-corrected chi connectivity index (χ2v) is 8.23. The Bertz CT molecular complexity index is 1340. The van der Waals surface area contributed by atoms with Gasteiger partial charge in [-0.3, -0.25) is 14.4 Å². The molecule has 1 unspecified atom stereocenters. The Hall–Kier alpha value is -4.41. The molecule has 0 saturated carbocycles. The van der Waals surface area contributed by atoms with E-state index in [1.54, 1.807) is 44.6 Å². The van der Waals surface area contributed by atoms with E-state index in [2.05, 4.69) is 15.6 Å². The number of aromatic nitrogens is 2. The number of aromatic amines is 1. The summed E-state index contributed by atoms with van der Waals surface area (Å²) in [5, 5.41) is 5.50. The smallest absolute Gasteiger partial charge is 0.407 e. The standard InChI is InChI=1S/C25H28FN5O5/c1-27-25(35)36-21(8-4-5-9-22(32)30(2)3)23(33)29-20-7-6-12-31(24(20)34)15-18-14-16-13-17(26)10-11-19(16)28-18/h5-7,9-14,21,28H,4,8,15H2,1-3H3,(H,27,35)(H,29,33)/b9-5+. The molecule has 36 heavy (non-hydrogen) atoms. The normalized spacial score (nSPS) is 11.9. The van der Waals surface area contributed by atoms with Crippen molar-refractivity contribution in [3.05, 3.63) is 76.6 Å². The van der Waals surface area contributed by atoms with Gasteiger partial charge in [-0.2, -0.15) is 0 Å². The number of rotatable bonds is 9. The average molecular weight is 498 g/mol. The highest BCUT2D eigenvalue weighted by molar-refractivity contribution is 5.95. The molecule has 0 bridgehead atoms. The third-order valence-corrected chi connectivity index (χ3v) is 5.30. The van der Waals surface area contributed by atoms with Crippen LogP contribution in [0.3, 0.4) is 0 Å². The lowest BCUT2D eigenvalue weighted by atomic mass is 10.1. The SMILES string of the molecule is CNC(=O)OC(CC/C=C/C(=O)N(C)C)C(=O)Nc1cccn(Cc2cc3cc(F)ccc3[nH]2)c1=O. The fraction of sp³-hybridized carbons (Fsp3) is 0.280. The summed E-state index contributed by atoms with van der Waals surface area (Å²) in [5.41, 5.74) is 0.958. The van der Waals surface area contributed by atoms with E-state index in [1.165, 1.54) is 40.8 Å². The lowest BCUT2D eigenvalue weighted by molar-refractivity contribution is -0.124. The molecular weight excluding hydrogens is 469 g/mol. The van der Waals surface area contributed by atoms with E-state index in [-0.39, 0.29) is 36.8 Å². The number of fused-ring (bicyclic) bond motifs is 1. The highest BCUT2D eigenvalue weighted by Crippen LogP contribution is 2.17. The van der Waals surface area contributed by atoms with Gasteiger partial charge in [0.1, 0.15) is 11.5 Å². The van der Waals surface area contributed by atoms with Crippen LogP contribution in [0.25, 0.3) is 10.9 Å². The maximum absolute atomic E-state index is 13.5. The van der Waals surface area contributed by atoms with Crippen LogP contribution in [-0.2, 0) is 20.9 Å². The van der Waals surface area contributed by atoms with Gasteiger partial charge >= 0.3 is 6.09 Å². The second-order valence-electron chi connectivity index (χ2n) is 8.23. The van der Waals surface area contributed by atoms with Gasteiger partial charge in [-0.05, 0) is 55.3 Å². The van der Waals surface area contributed by atoms with Gasteiger partial charge in [0.2, 0.25) is 5.91 Å². The van der Waals surface area contributed by atoms with Gasteiger partial charge in [0.05, 0.1) is 6.54 Å². The predicted molar refractivity (Wildman–Crippen MR) is 133 cm³/mol. The van der Waals surface area contributed by atoms with Gasteiger partial charge in [0, 0.05) is 43.9 Å². The number of hydrogen-bond acceptors (Lipinski definition) is 5. The van der Waals surface area contributed by atoms with Crippen LogP contribution in [-0.4, -0.2) is 59.6 Å². The molecule has 3 N–H and O–H groups in total. The van der Waals surface area contributed by atoms with Crippen molar-refractivity contribution in [1.29, 1.82) is 0 Å². The van der Waals surface area contributed by atoms with E-state index < -0.39 is 23.7 Å². The van der Waals surface area contributed by atoms with Crippen LogP contribution in [0.5, 0.6) is 0 Å². The van der Waals surface area contributed by atoms with Gasteiger partial charge < -0.3 is 29.8 Å². The van der Waals surface area contributed by atoms with E-state index in [4.69, 9.17) is 4.74 Å². The summed E-state index contributed by atoms with van der Waals surface area (Å²) in [6, 6.07) is 9.16. The van der Waals surface area contributed by atoms with Crippen LogP contribution >= 0.6 is 0 Å². The van der Waals surface area contributed by atoms with Crippen LogP contribution in [0.1, 0.15) is 18.5 Å². The molecule has 0 saturated heterocycles. The molecule has 1 atom stereocenters. The number of hydrogen-bond donors (Lipinski definition) is 3. The molecule has 2 heterocycles. The number of alkyl carbamates (subject to hydrolysis) is 1. The Kier molecular flexibility index (Phi) is 8.61. The van der Waals surface area contributed by atoms with Crippen molar-refractivity contribution in [1.82, 2.24) is 19.8 Å². The molecule has 0 radical (unpaired) electrons. The van der Waals surface area contributed by atoms with Crippen molar-refractivity contribution in [2.75, 3.05) is 26.5 Å². The number of nitrogens with one attached hydrogen (secondary N) is 3. The zero-order chi connectivity index (χ0) is 26.2. The van der Waals surface area contributed by atoms with Gasteiger partial charge in [0.15, 0.2) is 6.10 Å². The summed E-state index contributed by atoms with van der Waals surface area (Å²) < 4.78 is 20.0. The molecule has 190 valence electrons. The summed E-state index contributed by atoms with van der Waals surface area (Å²) in [5.74, 6) is -1.25. The number of carbonyl (C=O) groups excluding carboxylic acids is 3. The minimum absolute atomic E-state index is 0.00786. The third kappa shape index (κ3) is 6.81. The summed E-state index contributed by atoms with van der Waals surface area (Å²) in [6.07, 6.45) is 2.90. The molecule has 0 aliphatic rings. The minimum atomic E-state index is -1.19. The summed E-state index contributed by atoms with van der Waals surface area (Å²) >= 11 is 0. The maximum Gasteiger partial charge on any atom is 0.407 e. The predicted octanol–water partition coefficient (Wildman–Crippen LogP) is 2.60. The first-order valence-electron chi connectivity index (χ1n) is 11.2. The van der Waals surface area contributed by atoms with Crippen molar-refractivity contribution >= 4 is 34.5 Å². The zero-order valence-corrected chi connectivity index (χ0v) is 20.2. The van der Waals surface area contributed by atoms with Crippen molar-refractivity contribution in [2.24, 2.45) is 0 Å². The largest absolute Gasteiger partial charge is 0.436 e. The first kappa shape index (κ1) is 26.2. The number of benzene rings is 1. The van der Waals surface area contributed by atoms with Crippen LogP contribution < -0.4 is 16.2 Å². The molecular formula is C25H28FN5O5. The van der Waals surface area contributed by atoms with Crippen molar-refractivity contribution in [3.63, 3.8) is 0 Å². The van der Waals surface area contributed by atoms with Gasteiger partial charge in [0.25, 0.3) is 11.5 Å². The summed E-state index contributed by atoms with van der Waals surface area (Å²) in [4.78, 5) is 53.8. The number of ether oxygens (including phenoxy) is 1. The van der Waals surface area contributed by atoms with E-state index in [9.17, 15) is 23.6 Å². The second kappa shape index (κ2) is 11.8. The lowest BCUT2D eigenvalue weighted by Gasteiger charge is -2.17. The number of pyridine rings is 1. The molecule has 3 amide bonds.